The summed E-state index contributed by atoms with van der Waals surface area (Å²) in [6, 6.07) is 6.78. The Balaban J connectivity index is 1.95. The van der Waals surface area contributed by atoms with Crippen molar-refractivity contribution in [2.75, 3.05) is 0 Å². The highest BCUT2D eigenvalue weighted by Crippen LogP contribution is 2.19. The molecule has 0 saturated carbocycles. The third-order valence-electron chi connectivity index (χ3n) is 3.58. The van der Waals surface area contributed by atoms with E-state index in [4.69, 9.17) is 16.7 Å². The number of hydrogen-bond acceptors (Lipinski definition) is 2. The molecular formula is C17H15ClN2O2. The second-order valence-electron chi connectivity index (χ2n) is 5.14. The molecule has 0 radical (unpaired) electrons. The minimum Gasteiger partial charge on any atom is -0.478 e. The Labute approximate surface area is 133 Å². The van der Waals surface area contributed by atoms with Gasteiger partial charge in [0.2, 0.25) is 0 Å². The van der Waals surface area contributed by atoms with Gasteiger partial charge in [-0.2, -0.15) is 5.10 Å². The smallest absolute Gasteiger partial charge is 0.335 e. The van der Waals surface area contributed by atoms with Crippen LogP contribution in [0.5, 0.6) is 0 Å². The van der Waals surface area contributed by atoms with Crippen molar-refractivity contribution < 1.29 is 9.90 Å². The molecule has 1 aromatic carbocycles. The van der Waals surface area contributed by atoms with Gasteiger partial charge in [-0.15, -0.1) is 0 Å². The summed E-state index contributed by atoms with van der Waals surface area (Å²) in [6.07, 6.45) is 10.3. The van der Waals surface area contributed by atoms with E-state index in [1.165, 1.54) is 0 Å². The van der Waals surface area contributed by atoms with E-state index in [-0.39, 0.29) is 5.56 Å². The maximum Gasteiger partial charge on any atom is 0.335 e. The summed E-state index contributed by atoms with van der Waals surface area (Å²) in [5, 5.41) is 14.4. The van der Waals surface area contributed by atoms with Crippen LogP contribution >= 0.6 is 11.6 Å². The molecule has 22 heavy (non-hydrogen) atoms. The van der Waals surface area contributed by atoms with E-state index in [1.807, 2.05) is 30.5 Å². The average molecular weight is 315 g/mol. The molecular weight excluding hydrogens is 300 g/mol. The van der Waals surface area contributed by atoms with Crippen LogP contribution in [0.25, 0.3) is 5.69 Å². The first-order valence-corrected chi connectivity index (χ1v) is 7.44. The standard InChI is InChI=1S/C17H15ClN2O2/c18-14-6-1-5-13-11-20(19-16(13)9-3-7-14)15-8-2-4-12(10-15)17(21)22/h2-4,6-8,10-11H,1,5,9H2,(H,21,22)/b7-3-,14-6+. The van der Waals surface area contributed by atoms with Crippen LogP contribution in [0.2, 0.25) is 0 Å². The summed E-state index contributed by atoms with van der Waals surface area (Å²) in [5.41, 5.74) is 3.17. The lowest BCUT2D eigenvalue weighted by molar-refractivity contribution is 0.0697. The van der Waals surface area contributed by atoms with E-state index in [2.05, 4.69) is 5.10 Å². The van der Waals surface area contributed by atoms with E-state index in [0.717, 1.165) is 34.8 Å². The van der Waals surface area contributed by atoms with Crippen LogP contribution in [-0.2, 0) is 12.8 Å². The molecule has 112 valence electrons. The van der Waals surface area contributed by atoms with Crippen molar-refractivity contribution in [3.05, 3.63) is 70.5 Å². The van der Waals surface area contributed by atoms with Crippen molar-refractivity contribution in [3.63, 3.8) is 0 Å². The first kappa shape index (κ1) is 14.6. The van der Waals surface area contributed by atoms with Gasteiger partial charge in [0.1, 0.15) is 0 Å². The number of halogens is 1. The first-order valence-electron chi connectivity index (χ1n) is 7.07. The van der Waals surface area contributed by atoms with E-state index < -0.39 is 5.97 Å². The number of carboxylic acid groups (broad SMARTS) is 1. The van der Waals surface area contributed by atoms with Gasteiger partial charge < -0.3 is 5.11 Å². The van der Waals surface area contributed by atoms with Crippen LogP contribution in [0.3, 0.4) is 0 Å². The molecule has 1 heterocycles. The van der Waals surface area contributed by atoms with Crippen LogP contribution in [0.4, 0.5) is 0 Å². The Hall–Kier alpha value is -2.33. The molecule has 0 aliphatic heterocycles. The van der Waals surface area contributed by atoms with Gasteiger partial charge in [-0.3, -0.25) is 0 Å². The van der Waals surface area contributed by atoms with Crippen LogP contribution in [-0.4, -0.2) is 20.9 Å². The van der Waals surface area contributed by atoms with Crippen molar-refractivity contribution in [2.24, 2.45) is 0 Å². The number of aromatic carboxylic acids is 1. The molecule has 1 aliphatic carbocycles. The van der Waals surface area contributed by atoms with Crippen molar-refractivity contribution >= 4 is 17.6 Å². The lowest BCUT2D eigenvalue weighted by atomic mass is 10.1. The van der Waals surface area contributed by atoms with Gasteiger partial charge in [-0.1, -0.05) is 29.8 Å². The van der Waals surface area contributed by atoms with Crippen molar-refractivity contribution in [2.45, 2.75) is 19.3 Å². The lowest BCUT2D eigenvalue weighted by Gasteiger charge is -2.02. The first-order chi connectivity index (χ1) is 10.6. The van der Waals surface area contributed by atoms with Gasteiger partial charge in [0.25, 0.3) is 0 Å². The number of aromatic nitrogens is 2. The van der Waals surface area contributed by atoms with E-state index in [1.54, 1.807) is 22.9 Å². The van der Waals surface area contributed by atoms with E-state index in [9.17, 15) is 4.79 Å². The number of nitrogens with zero attached hydrogens (tertiary/aromatic N) is 2. The molecule has 0 spiro atoms. The van der Waals surface area contributed by atoms with Gasteiger partial charge in [0.05, 0.1) is 16.9 Å². The summed E-state index contributed by atoms with van der Waals surface area (Å²) in [7, 11) is 0. The predicted molar refractivity (Wildman–Crippen MR) is 85.6 cm³/mol. The van der Waals surface area contributed by atoms with Crippen LogP contribution in [0.1, 0.15) is 28.0 Å². The largest absolute Gasteiger partial charge is 0.478 e. The summed E-state index contributed by atoms with van der Waals surface area (Å²) in [5.74, 6) is -0.938. The molecule has 0 fully saturated rings. The second kappa shape index (κ2) is 6.20. The minimum atomic E-state index is -0.938. The van der Waals surface area contributed by atoms with E-state index >= 15 is 0 Å². The predicted octanol–water partition coefficient (Wildman–Crippen LogP) is 3.74. The number of allylic oxidation sites excluding steroid dienone is 4. The molecule has 0 unspecified atom stereocenters. The fraction of sp³-hybridized carbons (Fsp3) is 0.176. The zero-order valence-electron chi connectivity index (χ0n) is 11.9. The number of aryl methyl sites for hydroxylation is 1. The minimum absolute atomic E-state index is 0.256. The van der Waals surface area contributed by atoms with Crippen LogP contribution < -0.4 is 0 Å². The molecule has 3 rings (SSSR count). The van der Waals surface area contributed by atoms with E-state index in [0.29, 0.717) is 6.42 Å². The Morgan fingerprint density at radius 2 is 2.23 bits per heavy atom. The Bertz CT molecular complexity index is 775. The molecule has 1 aromatic heterocycles. The molecule has 0 amide bonds. The Kier molecular flexibility index (Phi) is 4.11. The Morgan fingerprint density at radius 3 is 3.05 bits per heavy atom. The summed E-state index contributed by atoms with van der Waals surface area (Å²) < 4.78 is 1.75. The highest BCUT2D eigenvalue weighted by Gasteiger charge is 2.11. The molecule has 4 nitrogen and oxygen atoms in total. The zero-order chi connectivity index (χ0) is 15.5. The molecule has 0 bridgehead atoms. The fourth-order valence-corrected chi connectivity index (χ4v) is 2.65. The van der Waals surface area contributed by atoms with Gasteiger partial charge in [0, 0.05) is 17.6 Å². The van der Waals surface area contributed by atoms with Gasteiger partial charge in [0.15, 0.2) is 0 Å². The topological polar surface area (TPSA) is 55.1 Å². The summed E-state index contributed by atoms with van der Waals surface area (Å²) in [6.45, 7) is 0. The fourth-order valence-electron chi connectivity index (χ4n) is 2.46. The summed E-state index contributed by atoms with van der Waals surface area (Å²) >= 11 is 6.04. The highest BCUT2D eigenvalue weighted by atomic mass is 35.5. The number of hydrogen-bond donors (Lipinski definition) is 1. The maximum atomic E-state index is 11.1. The van der Waals surface area contributed by atoms with Gasteiger partial charge in [-0.25, -0.2) is 9.48 Å². The highest BCUT2D eigenvalue weighted by molar-refractivity contribution is 6.31. The third kappa shape index (κ3) is 3.12. The normalized spacial score (nSPS) is 18.3. The molecule has 0 atom stereocenters. The maximum absolute atomic E-state index is 11.1. The van der Waals surface area contributed by atoms with Crippen molar-refractivity contribution in [3.8, 4) is 5.69 Å². The molecule has 2 aromatic rings. The second-order valence-corrected chi connectivity index (χ2v) is 5.57. The van der Waals surface area contributed by atoms with Crippen LogP contribution in [0, 0.1) is 0 Å². The Morgan fingerprint density at radius 1 is 1.36 bits per heavy atom. The molecule has 1 N–H and O–H groups in total. The van der Waals surface area contributed by atoms with Crippen molar-refractivity contribution in [1.29, 1.82) is 0 Å². The number of carboxylic acids is 1. The quantitative estimate of drug-likeness (QED) is 0.918. The zero-order valence-corrected chi connectivity index (χ0v) is 12.6. The van der Waals surface area contributed by atoms with Crippen LogP contribution in [0.15, 0.2) is 53.7 Å². The SMILES string of the molecule is O=C(O)c1cccc(-n2cc3c(n2)C/C=C\C(Cl)=C/CC3)c1. The number of carbonyl (C=O) groups is 1. The third-order valence-corrected chi connectivity index (χ3v) is 3.86. The lowest BCUT2D eigenvalue weighted by Crippen LogP contribution is -2.00. The molecule has 1 aliphatic rings. The molecule has 0 saturated heterocycles. The summed E-state index contributed by atoms with van der Waals surface area (Å²) in [4.78, 5) is 11.1. The molecule has 5 heteroatoms. The number of fused-ring (bicyclic) bond motifs is 1. The number of benzene rings is 1. The number of rotatable bonds is 2. The van der Waals surface area contributed by atoms with Crippen molar-refractivity contribution in [1.82, 2.24) is 9.78 Å². The average Bonchev–Trinajstić information content (AvgIpc) is 2.92. The van der Waals surface area contributed by atoms with Gasteiger partial charge >= 0.3 is 5.97 Å². The van der Waals surface area contributed by atoms with Gasteiger partial charge in [-0.05, 0) is 42.7 Å². The monoisotopic (exact) mass is 314 g/mol.